The van der Waals surface area contributed by atoms with Crippen molar-refractivity contribution in [3.05, 3.63) is 29.6 Å². The van der Waals surface area contributed by atoms with E-state index in [4.69, 9.17) is 0 Å². The summed E-state index contributed by atoms with van der Waals surface area (Å²) in [7, 11) is -3.76. The Morgan fingerprint density at radius 2 is 1.76 bits per heavy atom. The molecule has 0 unspecified atom stereocenters. The zero-order chi connectivity index (χ0) is 15.9. The zero-order valence-electron chi connectivity index (χ0n) is 13.0. The summed E-state index contributed by atoms with van der Waals surface area (Å²) in [6.45, 7) is 7.91. The molecule has 1 rings (SSSR count). The van der Waals surface area contributed by atoms with Crippen LogP contribution in [0, 0.1) is 5.82 Å². The van der Waals surface area contributed by atoms with E-state index in [0.29, 0.717) is 32.5 Å². The van der Waals surface area contributed by atoms with Crippen LogP contribution in [0.15, 0.2) is 23.1 Å². The van der Waals surface area contributed by atoms with Crippen molar-refractivity contribution in [2.45, 2.75) is 45.1 Å². The molecule has 0 atom stereocenters. The minimum atomic E-state index is -3.76. The van der Waals surface area contributed by atoms with Gasteiger partial charge in [-0.05, 0) is 37.1 Å². The van der Waals surface area contributed by atoms with Crippen molar-refractivity contribution in [3.63, 3.8) is 0 Å². The van der Waals surface area contributed by atoms with Crippen LogP contribution < -0.4 is 5.32 Å². The number of hydrogen-bond donors (Lipinski definition) is 1. The van der Waals surface area contributed by atoms with Gasteiger partial charge >= 0.3 is 0 Å². The van der Waals surface area contributed by atoms with Crippen molar-refractivity contribution in [1.82, 2.24) is 9.62 Å². The van der Waals surface area contributed by atoms with Gasteiger partial charge in [0.2, 0.25) is 10.0 Å². The molecule has 0 saturated carbocycles. The number of halogens is 1. The molecule has 6 heteroatoms. The van der Waals surface area contributed by atoms with Crippen molar-refractivity contribution >= 4 is 10.0 Å². The molecule has 1 aromatic rings. The molecule has 0 heterocycles. The molecule has 0 radical (unpaired) electrons. The van der Waals surface area contributed by atoms with Gasteiger partial charge in [0.1, 0.15) is 10.7 Å². The predicted octanol–water partition coefficient (Wildman–Crippen LogP) is 2.75. The molecule has 21 heavy (non-hydrogen) atoms. The molecule has 0 aliphatic heterocycles. The van der Waals surface area contributed by atoms with Crippen LogP contribution in [0.4, 0.5) is 4.39 Å². The van der Waals surface area contributed by atoms with E-state index in [9.17, 15) is 12.8 Å². The van der Waals surface area contributed by atoms with Crippen LogP contribution in [0.2, 0.25) is 0 Å². The number of nitrogens with zero attached hydrogens (tertiary/aromatic N) is 1. The molecule has 0 spiro atoms. The fourth-order valence-electron chi connectivity index (χ4n) is 2.12. The van der Waals surface area contributed by atoms with Crippen LogP contribution in [0.3, 0.4) is 0 Å². The molecule has 4 nitrogen and oxygen atoms in total. The van der Waals surface area contributed by atoms with Gasteiger partial charge in [0.05, 0.1) is 0 Å². The molecule has 0 fully saturated rings. The minimum Gasteiger partial charge on any atom is -0.313 e. The Balaban J connectivity index is 3.06. The van der Waals surface area contributed by atoms with Gasteiger partial charge in [-0.3, -0.25) is 0 Å². The average Bonchev–Trinajstić information content (AvgIpc) is 2.44. The molecule has 0 saturated heterocycles. The maximum Gasteiger partial charge on any atom is 0.245 e. The van der Waals surface area contributed by atoms with Crippen LogP contribution in [0.25, 0.3) is 0 Å². The summed E-state index contributed by atoms with van der Waals surface area (Å²) in [5, 5.41) is 3.09. The van der Waals surface area contributed by atoms with Crippen LogP contribution in [-0.4, -0.2) is 32.4 Å². The van der Waals surface area contributed by atoms with Gasteiger partial charge in [-0.1, -0.05) is 26.8 Å². The normalized spacial score (nSPS) is 12.0. The second-order valence-electron chi connectivity index (χ2n) is 4.95. The highest BCUT2D eigenvalue weighted by molar-refractivity contribution is 7.89. The molecule has 1 N–H and O–H groups in total. The molecule has 0 aromatic heterocycles. The van der Waals surface area contributed by atoms with E-state index in [0.717, 1.165) is 12.1 Å². The molecule has 0 aliphatic rings. The van der Waals surface area contributed by atoms with E-state index in [1.807, 2.05) is 20.8 Å². The third-order valence-electron chi connectivity index (χ3n) is 3.14. The number of sulfonamides is 1. The van der Waals surface area contributed by atoms with Crippen LogP contribution in [0.5, 0.6) is 0 Å². The monoisotopic (exact) mass is 316 g/mol. The fraction of sp³-hybridized carbons (Fsp3) is 0.600. The zero-order valence-corrected chi connectivity index (χ0v) is 13.8. The smallest absolute Gasteiger partial charge is 0.245 e. The van der Waals surface area contributed by atoms with E-state index in [1.54, 1.807) is 6.07 Å². The molecule has 1 aromatic carbocycles. The summed E-state index contributed by atoms with van der Waals surface area (Å²) in [5.74, 6) is -0.678. The van der Waals surface area contributed by atoms with Crippen molar-refractivity contribution in [2.24, 2.45) is 0 Å². The van der Waals surface area contributed by atoms with Crippen molar-refractivity contribution in [1.29, 1.82) is 0 Å². The number of hydrogen-bond acceptors (Lipinski definition) is 3. The number of nitrogens with one attached hydrogen (secondary N) is 1. The lowest BCUT2D eigenvalue weighted by molar-refractivity contribution is 0.406. The minimum absolute atomic E-state index is 0.232. The molecular formula is C15H25FN2O2S. The molecular weight excluding hydrogens is 291 g/mol. The second-order valence-corrected chi connectivity index (χ2v) is 6.86. The molecule has 0 amide bonds. The number of rotatable bonds is 9. The second kappa shape index (κ2) is 8.46. The Kier molecular flexibility index (Phi) is 7.28. The summed E-state index contributed by atoms with van der Waals surface area (Å²) in [4.78, 5) is -0.232. The van der Waals surface area contributed by atoms with Crippen molar-refractivity contribution in [2.75, 3.05) is 19.6 Å². The topological polar surface area (TPSA) is 49.4 Å². The summed E-state index contributed by atoms with van der Waals surface area (Å²) in [6, 6.07) is 4.33. The molecule has 0 bridgehead atoms. The number of benzene rings is 1. The highest BCUT2D eigenvalue weighted by Gasteiger charge is 2.26. The van der Waals surface area contributed by atoms with E-state index >= 15 is 0 Å². The molecule has 120 valence electrons. The van der Waals surface area contributed by atoms with E-state index in [2.05, 4.69) is 5.32 Å². The molecule has 0 aliphatic carbocycles. The Morgan fingerprint density at radius 1 is 1.14 bits per heavy atom. The van der Waals surface area contributed by atoms with Gasteiger partial charge in [-0.25, -0.2) is 12.8 Å². The lowest BCUT2D eigenvalue weighted by Gasteiger charge is -2.21. The highest BCUT2D eigenvalue weighted by Crippen LogP contribution is 2.21. The van der Waals surface area contributed by atoms with E-state index in [-0.39, 0.29) is 4.90 Å². The Morgan fingerprint density at radius 3 is 2.24 bits per heavy atom. The van der Waals surface area contributed by atoms with Gasteiger partial charge in [0.25, 0.3) is 0 Å². The Labute approximate surface area is 127 Å². The summed E-state index contributed by atoms with van der Waals surface area (Å²) in [5.41, 5.74) is 0.742. The first-order chi connectivity index (χ1) is 9.97. The largest absolute Gasteiger partial charge is 0.313 e. The van der Waals surface area contributed by atoms with Gasteiger partial charge < -0.3 is 5.32 Å². The first kappa shape index (κ1) is 18.1. The SMILES string of the molecule is CCCN(CCC)S(=O)(=O)c1ccc(CNCC)cc1F. The summed E-state index contributed by atoms with van der Waals surface area (Å²) in [6.07, 6.45) is 1.42. The van der Waals surface area contributed by atoms with Crippen molar-refractivity contribution in [3.8, 4) is 0 Å². The van der Waals surface area contributed by atoms with E-state index < -0.39 is 15.8 Å². The lowest BCUT2D eigenvalue weighted by Crippen LogP contribution is -2.33. The van der Waals surface area contributed by atoms with Gasteiger partial charge in [0.15, 0.2) is 0 Å². The third-order valence-corrected chi connectivity index (χ3v) is 5.07. The first-order valence-electron chi connectivity index (χ1n) is 7.46. The first-order valence-corrected chi connectivity index (χ1v) is 8.90. The predicted molar refractivity (Wildman–Crippen MR) is 83.1 cm³/mol. The summed E-state index contributed by atoms with van der Waals surface area (Å²) >= 11 is 0. The third kappa shape index (κ3) is 4.76. The lowest BCUT2D eigenvalue weighted by atomic mass is 10.2. The van der Waals surface area contributed by atoms with Gasteiger partial charge in [0, 0.05) is 19.6 Å². The van der Waals surface area contributed by atoms with Crippen LogP contribution in [0.1, 0.15) is 39.2 Å². The summed E-state index contributed by atoms with van der Waals surface area (Å²) < 4.78 is 40.6. The maximum atomic E-state index is 14.2. The van der Waals surface area contributed by atoms with Gasteiger partial charge in [-0.15, -0.1) is 0 Å². The van der Waals surface area contributed by atoms with Crippen LogP contribution in [-0.2, 0) is 16.6 Å². The van der Waals surface area contributed by atoms with E-state index in [1.165, 1.54) is 16.4 Å². The highest BCUT2D eigenvalue weighted by atomic mass is 32.2. The van der Waals surface area contributed by atoms with Crippen LogP contribution >= 0.6 is 0 Å². The fourth-order valence-corrected chi connectivity index (χ4v) is 3.79. The quantitative estimate of drug-likeness (QED) is 0.762. The van der Waals surface area contributed by atoms with Crippen molar-refractivity contribution < 1.29 is 12.8 Å². The Hall–Kier alpha value is -0.980. The standard InChI is InChI=1S/C15H25FN2O2S/c1-4-9-18(10-5-2)21(19,20)15-8-7-13(11-14(15)16)12-17-6-3/h7-8,11,17H,4-6,9-10,12H2,1-3H3. The average molecular weight is 316 g/mol. The van der Waals surface area contributed by atoms with Gasteiger partial charge in [-0.2, -0.15) is 4.31 Å². The maximum absolute atomic E-state index is 14.2. The Bertz CT molecular complexity index is 541.